The molecule has 0 amide bonds. The zero-order chi connectivity index (χ0) is 15.7. The van der Waals surface area contributed by atoms with E-state index in [1.807, 2.05) is 19.2 Å². The van der Waals surface area contributed by atoms with Crippen LogP contribution in [0.4, 0.5) is 5.95 Å². The highest BCUT2D eigenvalue weighted by molar-refractivity contribution is 6.35. The first-order chi connectivity index (χ1) is 10.5. The number of rotatable bonds is 3. The van der Waals surface area contributed by atoms with Crippen LogP contribution in [0.15, 0.2) is 18.2 Å². The van der Waals surface area contributed by atoms with Gasteiger partial charge in [-0.15, -0.1) is 0 Å². The molecule has 0 bridgehead atoms. The third-order valence-corrected chi connectivity index (χ3v) is 4.68. The topological polar surface area (TPSA) is 60.0 Å². The van der Waals surface area contributed by atoms with Crippen LogP contribution in [0.25, 0.3) is 0 Å². The Kier molecular flexibility index (Phi) is 4.57. The molecule has 1 unspecified atom stereocenters. The van der Waals surface area contributed by atoms with Gasteiger partial charge in [0.2, 0.25) is 5.95 Å². The smallest absolute Gasteiger partial charge is 0.218 e. The first-order valence-electron chi connectivity index (χ1n) is 7.35. The number of hydrogen-bond donors (Lipinski definition) is 1. The quantitative estimate of drug-likeness (QED) is 0.933. The van der Waals surface area contributed by atoms with E-state index in [0.717, 1.165) is 48.9 Å². The Hall–Kier alpha value is -1.30. The molecule has 3 rings (SSSR count). The van der Waals surface area contributed by atoms with Gasteiger partial charge in [-0.05, 0) is 37.1 Å². The lowest BCUT2D eigenvalue weighted by atomic mass is 9.97. The second kappa shape index (κ2) is 6.44. The van der Waals surface area contributed by atoms with Crippen LogP contribution in [0.5, 0.6) is 0 Å². The molecule has 0 spiro atoms. The van der Waals surface area contributed by atoms with Crippen LogP contribution >= 0.6 is 23.2 Å². The van der Waals surface area contributed by atoms with Gasteiger partial charge in [0.1, 0.15) is 0 Å². The Labute approximate surface area is 140 Å². The Morgan fingerprint density at radius 2 is 2.18 bits per heavy atom. The van der Waals surface area contributed by atoms with Crippen LogP contribution in [0.3, 0.4) is 0 Å². The molecule has 0 saturated carbocycles. The zero-order valence-corrected chi connectivity index (χ0v) is 14.0. The molecule has 7 heteroatoms. The van der Waals surface area contributed by atoms with Gasteiger partial charge >= 0.3 is 0 Å². The van der Waals surface area contributed by atoms with Gasteiger partial charge in [-0.2, -0.15) is 10.1 Å². The van der Waals surface area contributed by atoms with Crippen LogP contribution in [0.2, 0.25) is 10.0 Å². The molecule has 2 N–H and O–H groups in total. The minimum Gasteiger partial charge on any atom is -0.368 e. The fraction of sp³-hybridized carbons (Fsp3) is 0.467. The van der Waals surface area contributed by atoms with E-state index in [2.05, 4.69) is 15.0 Å². The molecular weight excluding hydrogens is 321 g/mol. The number of anilines is 1. The summed E-state index contributed by atoms with van der Waals surface area (Å²) in [5.41, 5.74) is 6.88. The van der Waals surface area contributed by atoms with Crippen molar-refractivity contribution in [1.29, 1.82) is 0 Å². The fourth-order valence-electron chi connectivity index (χ4n) is 2.89. The molecule has 2 heterocycles. The first kappa shape index (κ1) is 15.6. The van der Waals surface area contributed by atoms with E-state index >= 15 is 0 Å². The lowest BCUT2D eigenvalue weighted by molar-refractivity contribution is 0.196. The van der Waals surface area contributed by atoms with E-state index in [1.54, 1.807) is 10.7 Å². The lowest BCUT2D eigenvalue weighted by Gasteiger charge is -2.31. The number of nitrogens with two attached hydrogens (primary N) is 1. The highest BCUT2D eigenvalue weighted by Gasteiger charge is 2.25. The predicted molar refractivity (Wildman–Crippen MR) is 89.1 cm³/mol. The second-order valence-corrected chi connectivity index (χ2v) is 6.61. The number of aromatic nitrogens is 3. The Balaban J connectivity index is 1.70. The van der Waals surface area contributed by atoms with Gasteiger partial charge in [-0.1, -0.05) is 29.3 Å². The van der Waals surface area contributed by atoms with Crippen LogP contribution in [0.1, 0.15) is 30.1 Å². The van der Waals surface area contributed by atoms with E-state index in [4.69, 9.17) is 28.9 Å². The summed E-state index contributed by atoms with van der Waals surface area (Å²) in [6.07, 6.45) is 2.21. The number of halogens is 2. The van der Waals surface area contributed by atoms with Crippen molar-refractivity contribution in [1.82, 2.24) is 19.7 Å². The zero-order valence-electron chi connectivity index (χ0n) is 12.5. The third-order valence-electron chi connectivity index (χ3n) is 4.09. The molecule has 5 nitrogen and oxygen atoms in total. The van der Waals surface area contributed by atoms with Gasteiger partial charge in [-0.25, -0.2) is 4.68 Å². The maximum atomic E-state index is 6.27. The number of nitrogen functional groups attached to an aromatic ring is 1. The van der Waals surface area contributed by atoms with Crippen LogP contribution < -0.4 is 5.73 Å². The summed E-state index contributed by atoms with van der Waals surface area (Å²) in [5.74, 6) is 1.63. The average Bonchev–Trinajstić information content (AvgIpc) is 2.82. The van der Waals surface area contributed by atoms with Gasteiger partial charge in [0, 0.05) is 36.1 Å². The Bertz CT molecular complexity index is 650. The van der Waals surface area contributed by atoms with E-state index in [9.17, 15) is 0 Å². The summed E-state index contributed by atoms with van der Waals surface area (Å²) in [7, 11) is 1.82. The summed E-state index contributed by atoms with van der Waals surface area (Å²) >= 11 is 12.2. The molecule has 1 atom stereocenters. The van der Waals surface area contributed by atoms with E-state index in [0.29, 0.717) is 16.9 Å². The number of hydrogen-bond acceptors (Lipinski definition) is 4. The van der Waals surface area contributed by atoms with Gasteiger partial charge in [0.05, 0.1) is 0 Å². The molecule has 2 aromatic rings. The molecule has 1 saturated heterocycles. The summed E-state index contributed by atoms with van der Waals surface area (Å²) < 4.78 is 1.63. The highest BCUT2D eigenvalue weighted by atomic mass is 35.5. The number of aryl methyl sites for hydroxylation is 1. The van der Waals surface area contributed by atoms with Crippen molar-refractivity contribution in [3.63, 3.8) is 0 Å². The molecule has 1 fully saturated rings. The predicted octanol–water partition coefficient (Wildman–Crippen LogP) is 3.08. The summed E-state index contributed by atoms with van der Waals surface area (Å²) in [5, 5.41) is 5.80. The highest BCUT2D eigenvalue weighted by Crippen LogP contribution is 2.28. The molecular formula is C15H19Cl2N5. The van der Waals surface area contributed by atoms with Crippen molar-refractivity contribution in [2.45, 2.75) is 25.3 Å². The number of benzene rings is 1. The first-order valence-corrected chi connectivity index (χ1v) is 8.11. The van der Waals surface area contributed by atoms with Crippen LogP contribution in [-0.2, 0) is 13.6 Å². The largest absolute Gasteiger partial charge is 0.368 e. The molecule has 0 radical (unpaired) electrons. The lowest BCUT2D eigenvalue weighted by Crippen LogP contribution is -2.34. The second-order valence-electron chi connectivity index (χ2n) is 5.76. The average molecular weight is 340 g/mol. The molecule has 1 aliphatic heterocycles. The van der Waals surface area contributed by atoms with Gasteiger partial charge in [0.15, 0.2) is 5.82 Å². The number of likely N-dealkylation sites (tertiary alicyclic amines) is 1. The standard InChI is InChI=1S/C15H19Cl2N5/c1-21-15(18)19-14(20-21)11-3-2-6-22(9-11)8-10-4-5-12(16)7-13(10)17/h4-5,7,11H,2-3,6,8-9H2,1H3,(H2,18,19,20). The monoisotopic (exact) mass is 339 g/mol. The maximum absolute atomic E-state index is 6.27. The minimum atomic E-state index is 0.323. The van der Waals surface area contributed by atoms with Crippen molar-refractivity contribution >= 4 is 29.2 Å². The van der Waals surface area contributed by atoms with Gasteiger partial charge in [0.25, 0.3) is 0 Å². The molecule has 0 aliphatic carbocycles. The molecule has 118 valence electrons. The van der Waals surface area contributed by atoms with Gasteiger partial charge < -0.3 is 5.73 Å². The van der Waals surface area contributed by atoms with Crippen molar-refractivity contribution < 1.29 is 0 Å². The minimum absolute atomic E-state index is 0.323. The van der Waals surface area contributed by atoms with Crippen LogP contribution in [-0.4, -0.2) is 32.8 Å². The van der Waals surface area contributed by atoms with Crippen molar-refractivity contribution in [2.24, 2.45) is 7.05 Å². The SMILES string of the molecule is Cn1nc(C2CCCN(Cc3ccc(Cl)cc3Cl)C2)nc1N. The Morgan fingerprint density at radius 1 is 1.36 bits per heavy atom. The summed E-state index contributed by atoms with van der Waals surface area (Å²) in [4.78, 5) is 6.75. The summed E-state index contributed by atoms with van der Waals surface area (Å²) in [6.45, 7) is 2.79. The number of piperidine rings is 1. The molecule has 1 aromatic carbocycles. The summed E-state index contributed by atoms with van der Waals surface area (Å²) in [6, 6.07) is 5.66. The van der Waals surface area contributed by atoms with Crippen LogP contribution in [0, 0.1) is 0 Å². The molecule has 1 aromatic heterocycles. The Morgan fingerprint density at radius 3 is 2.86 bits per heavy atom. The van der Waals surface area contributed by atoms with Crippen molar-refractivity contribution in [3.8, 4) is 0 Å². The molecule has 1 aliphatic rings. The van der Waals surface area contributed by atoms with Crippen molar-refractivity contribution in [3.05, 3.63) is 39.6 Å². The number of nitrogens with zero attached hydrogens (tertiary/aromatic N) is 4. The van der Waals surface area contributed by atoms with E-state index in [-0.39, 0.29) is 0 Å². The normalized spacial score (nSPS) is 19.5. The third kappa shape index (κ3) is 3.37. The molecule has 22 heavy (non-hydrogen) atoms. The van der Waals surface area contributed by atoms with E-state index in [1.165, 1.54) is 0 Å². The van der Waals surface area contributed by atoms with E-state index < -0.39 is 0 Å². The fourth-order valence-corrected chi connectivity index (χ4v) is 3.36. The van der Waals surface area contributed by atoms with Gasteiger partial charge in [-0.3, -0.25) is 4.90 Å². The van der Waals surface area contributed by atoms with Crippen molar-refractivity contribution in [2.75, 3.05) is 18.8 Å². The maximum Gasteiger partial charge on any atom is 0.218 e.